The monoisotopic (exact) mass is 581 g/mol. The summed E-state index contributed by atoms with van der Waals surface area (Å²) in [6.07, 6.45) is 1.26. The molecule has 0 saturated carbocycles. The van der Waals surface area contributed by atoms with Gasteiger partial charge in [-0.15, -0.1) is 4.40 Å². The number of para-hydroxylation sites is 1. The van der Waals surface area contributed by atoms with Crippen LogP contribution in [0.4, 0.5) is 15.9 Å². The molecule has 1 atom stereocenters. The first-order valence-electron chi connectivity index (χ1n) is 12.9. The minimum atomic E-state index is -4.34. The van der Waals surface area contributed by atoms with Crippen molar-refractivity contribution >= 4 is 45.1 Å². The lowest BCUT2D eigenvalue weighted by Gasteiger charge is -2.42. The van der Waals surface area contributed by atoms with Crippen LogP contribution < -0.4 is 4.31 Å². The first kappa shape index (κ1) is 27.8. The molecule has 1 aromatic heterocycles. The molecule has 0 radical (unpaired) electrons. The Hall–Kier alpha value is -3.76. The molecule has 2 aromatic carbocycles. The van der Waals surface area contributed by atoms with Crippen molar-refractivity contribution in [2.24, 2.45) is 4.40 Å². The Morgan fingerprint density at radius 3 is 2.50 bits per heavy atom. The summed E-state index contributed by atoms with van der Waals surface area (Å²) in [4.78, 5) is 20.4. The molecule has 8 nitrogen and oxygen atoms in total. The number of carbonyl (C=O) groups excluding carboxylic acids is 1. The molecule has 0 N–H and O–H groups in total. The Balaban J connectivity index is 1.73. The van der Waals surface area contributed by atoms with E-state index < -0.39 is 16.0 Å². The molecule has 0 unspecified atom stereocenters. The van der Waals surface area contributed by atoms with Crippen molar-refractivity contribution in [2.45, 2.75) is 32.7 Å². The standard InChI is InChI=1S/C29H29ClFN5O3S/c1-5-26(37)34-14-15-35(19(4)17-34)29-22-16-23(30)27(21-11-6-8-12-24(21)31)32-28(22)36(40(38,39)33-29)25-13-9-7-10-20(25)18(2)3/h5-13,16,18-19H,1,14-15,17H2,2-4H3/t19-/m0/s1. The van der Waals surface area contributed by atoms with Crippen LogP contribution in [0.15, 0.2) is 71.6 Å². The Bertz CT molecular complexity index is 1640. The Kier molecular flexibility index (Phi) is 7.41. The Labute approximate surface area is 238 Å². The number of nitrogens with zero attached hydrogens (tertiary/aromatic N) is 5. The summed E-state index contributed by atoms with van der Waals surface area (Å²) in [5.74, 6) is -0.469. The zero-order valence-corrected chi connectivity index (χ0v) is 24.0. The van der Waals surface area contributed by atoms with Gasteiger partial charge in [-0.1, -0.05) is 62.4 Å². The zero-order valence-electron chi connectivity index (χ0n) is 22.4. The van der Waals surface area contributed by atoms with Crippen LogP contribution in [0.25, 0.3) is 11.3 Å². The first-order chi connectivity index (χ1) is 19.0. The number of anilines is 2. The Morgan fingerprint density at radius 2 is 1.82 bits per heavy atom. The van der Waals surface area contributed by atoms with E-state index in [2.05, 4.69) is 11.0 Å². The number of piperazine rings is 1. The number of benzene rings is 2. The molecule has 208 valence electrons. The smallest absolute Gasteiger partial charge is 0.349 e. The molecular formula is C29H29ClFN5O3S. The van der Waals surface area contributed by atoms with Gasteiger partial charge in [0.2, 0.25) is 5.91 Å². The summed E-state index contributed by atoms with van der Waals surface area (Å²) in [5.41, 5.74) is 1.86. The normalized spacial score (nSPS) is 18.4. The first-order valence-corrected chi connectivity index (χ1v) is 14.7. The van der Waals surface area contributed by atoms with Crippen molar-refractivity contribution in [1.29, 1.82) is 0 Å². The molecule has 40 heavy (non-hydrogen) atoms. The van der Waals surface area contributed by atoms with Gasteiger partial charge >= 0.3 is 10.2 Å². The van der Waals surface area contributed by atoms with Crippen LogP contribution in [0.1, 0.15) is 37.8 Å². The zero-order chi connectivity index (χ0) is 28.8. The van der Waals surface area contributed by atoms with E-state index in [0.29, 0.717) is 30.9 Å². The maximum atomic E-state index is 14.9. The minimum absolute atomic E-state index is 0.00550. The van der Waals surface area contributed by atoms with Crippen molar-refractivity contribution in [3.8, 4) is 11.3 Å². The summed E-state index contributed by atoms with van der Waals surface area (Å²) in [6.45, 7) is 10.4. The number of amides is 1. The molecule has 2 aliphatic rings. The van der Waals surface area contributed by atoms with Gasteiger partial charge in [0.1, 0.15) is 5.82 Å². The number of hydrogen-bond acceptors (Lipinski definition) is 5. The van der Waals surface area contributed by atoms with E-state index in [9.17, 15) is 17.6 Å². The molecule has 5 rings (SSSR count). The maximum absolute atomic E-state index is 14.9. The lowest BCUT2D eigenvalue weighted by molar-refractivity contribution is -0.128. The predicted octanol–water partition coefficient (Wildman–Crippen LogP) is 5.53. The molecule has 0 spiro atoms. The van der Waals surface area contributed by atoms with Crippen LogP contribution in [0.5, 0.6) is 0 Å². The molecular weight excluding hydrogens is 553 g/mol. The quantitative estimate of drug-likeness (QED) is 0.378. The van der Waals surface area contributed by atoms with Gasteiger partial charge in [0, 0.05) is 31.2 Å². The highest BCUT2D eigenvalue weighted by Gasteiger charge is 2.40. The second-order valence-corrected chi connectivity index (χ2v) is 11.9. The summed E-state index contributed by atoms with van der Waals surface area (Å²) < 4.78 is 48.2. The van der Waals surface area contributed by atoms with Gasteiger partial charge in [0.15, 0.2) is 11.7 Å². The van der Waals surface area contributed by atoms with Gasteiger partial charge in [-0.2, -0.15) is 8.42 Å². The van der Waals surface area contributed by atoms with Crippen LogP contribution >= 0.6 is 11.6 Å². The molecule has 1 saturated heterocycles. The highest BCUT2D eigenvalue weighted by molar-refractivity contribution is 7.92. The lowest BCUT2D eigenvalue weighted by atomic mass is 10.0. The van der Waals surface area contributed by atoms with Gasteiger partial charge in [-0.25, -0.2) is 13.7 Å². The van der Waals surface area contributed by atoms with E-state index in [4.69, 9.17) is 16.6 Å². The third-order valence-corrected chi connectivity index (χ3v) is 8.64. The fourth-order valence-electron chi connectivity index (χ4n) is 5.16. The largest absolute Gasteiger partial charge is 0.352 e. The van der Waals surface area contributed by atoms with Gasteiger partial charge < -0.3 is 9.80 Å². The fraction of sp³-hybridized carbons (Fsp3) is 0.276. The van der Waals surface area contributed by atoms with E-state index >= 15 is 0 Å². The highest BCUT2D eigenvalue weighted by Crippen LogP contribution is 2.43. The van der Waals surface area contributed by atoms with Gasteiger partial charge in [0.05, 0.1) is 22.0 Å². The van der Waals surface area contributed by atoms with Gasteiger partial charge in [0.25, 0.3) is 0 Å². The van der Waals surface area contributed by atoms with Crippen molar-refractivity contribution in [2.75, 3.05) is 23.9 Å². The summed E-state index contributed by atoms with van der Waals surface area (Å²) in [5, 5.41) is 0.154. The van der Waals surface area contributed by atoms with Crippen LogP contribution in [-0.2, 0) is 15.0 Å². The van der Waals surface area contributed by atoms with Crippen molar-refractivity contribution in [1.82, 2.24) is 14.8 Å². The van der Waals surface area contributed by atoms with Crippen molar-refractivity contribution < 1.29 is 17.6 Å². The average molecular weight is 582 g/mol. The number of hydrogen-bond donors (Lipinski definition) is 0. The third-order valence-electron chi connectivity index (χ3n) is 7.11. The second kappa shape index (κ2) is 10.7. The third kappa shape index (κ3) is 4.86. The number of rotatable bonds is 4. The van der Waals surface area contributed by atoms with Crippen LogP contribution in [0, 0.1) is 5.82 Å². The van der Waals surface area contributed by atoms with E-state index in [1.165, 1.54) is 12.1 Å². The number of fused-ring (bicyclic) bond motifs is 1. The number of amidine groups is 1. The molecule has 3 heterocycles. The summed E-state index contributed by atoms with van der Waals surface area (Å²) in [7, 11) is -4.34. The second-order valence-electron chi connectivity index (χ2n) is 10.1. The van der Waals surface area contributed by atoms with Crippen LogP contribution in [-0.4, -0.2) is 60.6 Å². The van der Waals surface area contributed by atoms with Crippen LogP contribution in [0.2, 0.25) is 5.02 Å². The van der Waals surface area contributed by atoms with E-state index in [0.717, 1.165) is 9.87 Å². The lowest BCUT2D eigenvalue weighted by Crippen LogP contribution is -2.56. The molecule has 2 aliphatic heterocycles. The van der Waals surface area contributed by atoms with E-state index in [-0.39, 0.29) is 45.8 Å². The number of carbonyl (C=O) groups is 1. The number of aromatic nitrogens is 1. The van der Waals surface area contributed by atoms with Crippen molar-refractivity contribution in [3.05, 3.63) is 89.2 Å². The minimum Gasteiger partial charge on any atom is -0.349 e. The molecule has 1 fully saturated rings. The van der Waals surface area contributed by atoms with Crippen molar-refractivity contribution in [3.63, 3.8) is 0 Å². The van der Waals surface area contributed by atoms with Gasteiger partial charge in [-0.3, -0.25) is 4.79 Å². The summed E-state index contributed by atoms with van der Waals surface area (Å²) in [6, 6.07) is 14.6. The molecule has 3 aromatic rings. The summed E-state index contributed by atoms with van der Waals surface area (Å²) >= 11 is 6.70. The van der Waals surface area contributed by atoms with E-state index in [1.54, 1.807) is 41.3 Å². The Morgan fingerprint density at radius 1 is 1.12 bits per heavy atom. The predicted molar refractivity (Wildman–Crippen MR) is 156 cm³/mol. The SMILES string of the molecule is C=CC(=O)N1CCN(C2=NS(=O)(=O)N(c3ccccc3C(C)C)c3nc(-c4ccccc4F)c(Cl)cc32)[C@@H](C)C1. The number of halogens is 2. The van der Waals surface area contributed by atoms with Crippen LogP contribution in [0.3, 0.4) is 0 Å². The van der Waals surface area contributed by atoms with Gasteiger partial charge in [-0.05, 0) is 48.7 Å². The number of pyridine rings is 1. The molecule has 11 heteroatoms. The molecule has 0 bridgehead atoms. The average Bonchev–Trinajstić information content (AvgIpc) is 2.92. The maximum Gasteiger partial charge on any atom is 0.352 e. The van der Waals surface area contributed by atoms with E-state index in [1.807, 2.05) is 37.8 Å². The highest BCUT2D eigenvalue weighted by atomic mass is 35.5. The fourth-order valence-corrected chi connectivity index (χ4v) is 6.69. The molecule has 1 amide bonds. The molecule has 0 aliphatic carbocycles. The topological polar surface area (TPSA) is 86.2 Å².